The standard InChI is InChI=1S/C27H32N4O5/c1-31(17-18-9-6-5-7-10-18)26-21(27(32)29-15-20-11-8-12-36-20)16-28-25(30-26)19-13-22(33-2)24(35-4)23(14-19)34-3/h5-7,9-10,13-14,16,20H,8,11-12,15,17H2,1-4H3,(H,29,32)/t20-/m1/s1. The van der Waals surface area contributed by atoms with E-state index in [0.29, 0.717) is 53.1 Å². The third kappa shape index (κ3) is 5.68. The summed E-state index contributed by atoms with van der Waals surface area (Å²) >= 11 is 0. The van der Waals surface area contributed by atoms with Crippen LogP contribution in [0.1, 0.15) is 28.8 Å². The summed E-state index contributed by atoms with van der Waals surface area (Å²) in [6.07, 6.45) is 3.56. The Morgan fingerprint density at radius 2 is 1.83 bits per heavy atom. The van der Waals surface area contributed by atoms with Crippen molar-refractivity contribution in [1.82, 2.24) is 15.3 Å². The lowest BCUT2D eigenvalue weighted by atomic mass is 10.1. The van der Waals surface area contributed by atoms with Crippen LogP contribution in [0.4, 0.5) is 5.82 Å². The molecule has 0 spiro atoms. The number of nitrogens with one attached hydrogen (secondary N) is 1. The van der Waals surface area contributed by atoms with E-state index in [9.17, 15) is 4.79 Å². The van der Waals surface area contributed by atoms with Crippen LogP contribution in [-0.2, 0) is 11.3 Å². The van der Waals surface area contributed by atoms with Crippen molar-refractivity contribution in [3.8, 4) is 28.6 Å². The highest BCUT2D eigenvalue weighted by Crippen LogP contribution is 2.40. The summed E-state index contributed by atoms with van der Waals surface area (Å²) in [5.41, 5.74) is 2.16. The maximum Gasteiger partial charge on any atom is 0.256 e. The van der Waals surface area contributed by atoms with Crippen molar-refractivity contribution in [2.75, 3.05) is 46.4 Å². The van der Waals surface area contributed by atoms with Crippen LogP contribution in [-0.4, -0.2) is 63.5 Å². The first kappa shape index (κ1) is 25.2. The Balaban J connectivity index is 1.70. The number of nitrogens with zero attached hydrogens (tertiary/aromatic N) is 3. The fourth-order valence-electron chi connectivity index (χ4n) is 4.21. The second-order valence-corrected chi connectivity index (χ2v) is 8.53. The second-order valence-electron chi connectivity index (χ2n) is 8.53. The lowest BCUT2D eigenvalue weighted by Crippen LogP contribution is -2.33. The number of carbonyl (C=O) groups excluding carboxylic acids is 1. The highest BCUT2D eigenvalue weighted by Gasteiger charge is 2.23. The number of ether oxygens (including phenoxy) is 4. The van der Waals surface area contributed by atoms with Gasteiger partial charge in [0, 0.05) is 38.5 Å². The Bertz CT molecular complexity index is 1160. The number of hydrogen-bond donors (Lipinski definition) is 1. The van der Waals surface area contributed by atoms with Gasteiger partial charge in [0.05, 0.1) is 27.4 Å². The van der Waals surface area contributed by atoms with Crippen LogP contribution in [0.2, 0.25) is 0 Å². The summed E-state index contributed by atoms with van der Waals surface area (Å²) in [5, 5.41) is 2.98. The zero-order valence-electron chi connectivity index (χ0n) is 21.1. The summed E-state index contributed by atoms with van der Waals surface area (Å²) in [7, 11) is 6.58. The van der Waals surface area contributed by atoms with Crippen LogP contribution >= 0.6 is 0 Å². The van der Waals surface area contributed by atoms with E-state index in [1.165, 1.54) is 0 Å². The molecule has 0 radical (unpaired) electrons. The van der Waals surface area contributed by atoms with Crippen molar-refractivity contribution < 1.29 is 23.7 Å². The van der Waals surface area contributed by atoms with Crippen molar-refractivity contribution in [2.24, 2.45) is 0 Å². The number of anilines is 1. The molecule has 9 nitrogen and oxygen atoms in total. The fraction of sp³-hybridized carbons (Fsp3) is 0.370. The van der Waals surface area contributed by atoms with Crippen molar-refractivity contribution in [3.63, 3.8) is 0 Å². The van der Waals surface area contributed by atoms with Gasteiger partial charge in [0.1, 0.15) is 11.4 Å². The van der Waals surface area contributed by atoms with Gasteiger partial charge in [-0.15, -0.1) is 0 Å². The molecule has 36 heavy (non-hydrogen) atoms. The molecule has 4 rings (SSSR count). The van der Waals surface area contributed by atoms with Crippen LogP contribution in [0.3, 0.4) is 0 Å². The number of amides is 1. The van der Waals surface area contributed by atoms with Crippen LogP contribution in [0.25, 0.3) is 11.4 Å². The normalized spacial score (nSPS) is 14.8. The molecule has 1 aliphatic rings. The quantitative estimate of drug-likeness (QED) is 0.458. The Morgan fingerprint density at radius 3 is 2.44 bits per heavy atom. The largest absolute Gasteiger partial charge is 0.493 e. The molecule has 1 aliphatic heterocycles. The molecule has 1 aromatic heterocycles. The molecule has 0 aliphatic carbocycles. The van der Waals surface area contributed by atoms with Gasteiger partial charge in [-0.05, 0) is 30.5 Å². The third-order valence-electron chi connectivity index (χ3n) is 6.07. The number of aromatic nitrogens is 2. The summed E-state index contributed by atoms with van der Waals surface area (Å²) in [6.45, 7) is 1.76. The highest BCUT2D eigenvalue weighted by molar-refractivity contribution is 5.99. The SMILES string of the molecule is COc1cc(-c2ncc(C(=O)NC[C@H]3CCCO3)c(N(C)Cc3ccccc3)n2)cc(OC)c1OC. The summed E-state index contributed by atoms with van der Waals surface area (Å²) in [4.78, 5) is 24.5. The number of carbonyl (C=O) groups is 1. The summed E-state index contributed by atoms with van der Waals surface area (Å²) in [6, 6.07) is 13.6. The average molecular weight is 493 g/mol. The zero-order chi connectivity index (χ0) is 25.5. The Hall–Kier alpha value is -3.85. The predicted octanol–water partition coefficient (Wildman–Crippen LogP) is 3.71. The molecule has 3 aromatic rings. The van der Waals surface area contributed by atoms with E-state index in [1.54, 1.807) is 39.7 Å². The molecule has 2 heterocycles. The maximum atomic E-state index is 13.2. The molecule has 0 bridgehead atoms. The van der Waals surface area contributed by atoms with Crippen LogP contribution in [0.5, 0.6) is 17.2 Å². The summed E-state index contributed by atoms with van der Waals surface area (Å²) < 4.78 is 22.1. The minimum Gasteiger partial charge on any atom is -0.493 e. The number of rotatable bonds is 10. The van der Waals surface area contributed by atoms with Gasteiger partial charge in [-0.25, -0.2) is 9.97 Å². The first-order valence-corrected chi connectivity index (χ1v) is 11.9. The molecule has 190 valence electrons. The lowest BCUT2D eigenvalue weighted by molar-refractivity contribution is 0.0857. The van der Waals surface area contributed by atoms with Gasteiger partial charge in [0.25, 0.3) is 5.91 Å². The van der Waals surface area contributed by atoms with Crippen molar-refractivity contribution >= 4 is 11.7 Å². The van der Waals surface area contributed by atoms with E-state index in [-0.39, 0.29) is 12.0 Å². The summed E-state index contributed by atoms with van der Waals surface area (Å²) in [5.74, 6) is 2.18. The van der Waals surface area contributed by atoms with E-state index in [1.807, 2.05) is 42.3 Å². The van der Waals surface area contributed by atoms with Crippen LogP contribution < -0.4 is 24.4 Å². The van der Waals surface area contributed by atoms with E-state index in [0.717, 1.165) is 25.0 Å². The van der Waals surface area contributed by atoms with Gasteiger partial charge in [0.15, 0.2) is 17.3 Å². The van der Waals surface area contributed by atoms with E-state index in [2.05, 4.69) is 10.3 Å². The van der Waals surface area contributed by atoms with Crippen molar-refractivity contribution in [3.05, 3.63) is 59.8 Å². The number of hydrogen-bond acceptors (Lipinski definition) is 8. The molecule has 1 atom stereocenters. The van der Waals surface area contributed by atoms with Crippen molar-refractivity contribution in [2.45, 2.75) is 25.5 Å². The molecule has 9 heteroatoms. The molecule has 1 saturated heterocycles. The molecule has 1 fully saturated rings. The fourth-order valence-corrected chi connectivity index (χ4v) is 4.21. The lowest BCUT2D eigenvalue weighted by Gasteiger charge is -2.22. The minimum atomic E-state index is -0.239. The average Bonchev–Trinajstić information content (AvgIpc) is 3.44. The first-order chi connectivity index (χ1) is 17.5. The smallest absolute Gasteiger partial charge is 0.256 e. The number of benzene rings is 2. The van der Waals surface area contributed by atoms with Gasteiger partial charge >= 0.3 is 0 Å². The second kappa shape index (κ2) is 11.7. The molecular formula is C27H32N4O5. The first-order valence-electron chi connectivity index (χ1n) is 11.9. The molecule has 1 amide bonds. The monoisotopic (exact) mass is 492 g/mol. The van der Waals surface area contributed by atoms with Gasteiger partial charge < -0.3 is 29.2 Å². The Labute approximate surface area is 211 Å². The molecular weight excluding hydrogens is 460 g/mol. The molecule has 0 saturated carbocycles. The van der Waals surface area contributed by atoms with E-state index >= 15 is 0 Å². The zero-order valence-corrected chi connectivity index (χ0v) is 21.1. The maximum absolute atomic E-state index is 13.2. The predicted molar refractivity (Wildman–Crippen MR) is 137 cm³/mol. The Morgan fingerprint density at radius 1 is 1.11 bits per heavy atom. The van der Waals surface area contributed by atoms with Gasteiger partial charge in [0.2, 0.25) is 5.75 Å². The van der Waals surface area contributed by atoms with Gasteiger partial charge in [-0.1, -0.05) is 30.3 Å². The van der Waals surface area contributed by atoms with Crippen molar-refractivity contribution in [1.29, 1.82) is 0 Å². The molecule has 0 unspecified atom stereocenters. The Kier molecular flexibility index (Phi) is 8.22. The highest BCUT2D eigenvalue weighted by atomic mass is 16.5. The molecule has 2 aromatic carbocycles. The molecule has 1 N–H and O–H groups in total. The minimum absolute atomic E-state index is 0.0406. The van der Waals surface area contributed by atoms with Crippen LogP contribution in [0, 0.1) is 0 Å². The van der Waals surface area contributed by atoms with E-state index < -0.39 is 0 Å². The van der Waals surface area contributed by atoms with Gasteiger partial charge in [-0.3, -0.25) is 4.79 Å². The van der Waals surface area contributed by atoms with Gasteiger partial charge in [-0.2, -0.15) is 0 Å². The van der Waals surface area contributed by atoms with E-state index in [4.69, 9.17) is 23.9 Å². The topological polar surface area (TPSA) is 95.0 Å². The number of methoxy groups -OCH3 is 3. The van der Waals surface area contributed by atoms with Crippen LogP contribution in [0.15, 0.2) is 48.7 Å². The third-order valence-corrected chi connectivity index (χ3v) is 6.07.